The summed E-state index contributed by atoms with van der Waals surface area (Å²) in [6, 6.07) is 13.3. The average molecular weight is 544 g/mol. The Hall–Kier alpha value is -1.84. The number of nitrogens with one attached hydrogen (secondary N) is 1. The third-order valence-corrected chi connectivity index (χ3v) is 8.92. The molecule has 2 heterocycles. The molecule has 0 spiro atoms. The van der Waals surface area contributed by atoms with Crippen LogP contribution in [-0.2, 0) is 9.59 Å². The summed E-state index contributed by atoms with van der Waals surface area (Å²) in [5.74, 6) is 0.111. The van der Waals surface area contributed by atoms with Crippen LogP contribution in [0.2, 0.25) is 5.02 Å². The molecule has 33 heavy (non-hydrogen) atoms. The van der Waals surface area contributed by atoms with Crippen molar-refractivity contribution < 1.29 is 18.7 Å². The van der Waals surface area contributed by atoms with Crippen molar-refractivity contribution in [2.24, 2.45) is 5.14 Å². The first-order valence-corrected chi connectivity index (χ1v) is 14.2. The van der Waals surface area contributed by atoms with Crippen LogP contribution in [0.4, 0.5) is 10.8 Å². The van der Waals surface area contributed by atoms with Gasteiger partial charge in [0.2, 0.25) is 16.9 Å². The first kappa shape index (κ1) is 24.3. The maximum absolute atomic E-state index is 12.5. The van der Waals surface area contributed by atoms with Gasteiger partial charge in [-0.1, -0.05) is 46.8 Å². The number of amides is 2. The Bertz CT molecular complexity index is 1150. The summed E-state index contributed by atoms with van der Waals surface area (Å²) in [5.41, 5.74) is 1.44. The molecule has 2 amide bonds. The second-order valence-corrected chi connectivity index (χ2v) is 12.1. The summed E-state index contributed by atoms with van der Waals surface area (Å²) < 4.78 is 19.5. The van der Waals surface area contributed by atoms with Gasteiger partial charge >= 0.3 is 0 Å². The van der Waals surface area contributed by atoms with Gasteiger partial charge in [-0.25, -0.2) is 5.14 Å². The highest BCUT2D eigenvalue weighted by Gasteiger charge is 2.36. The van der Waals surface area contributed by atoms with Crippen molar-refractivity contribution in [2.45, 2.75) is 14.6 Å². The Morgan fingerprint density at radius 2 is 1.91 bits per heavy atom. The van der Waals surface area contributed by atoms with Crippen molar-refractivity contribution in [3.05, 3.63) is 59.1 Å². The van der Waals surface area contributed by atoms with Crippen molar-refractivity contribution in [3.63, 3.8) is 0 Å². The van der Waals surface area contributed by atoms with Crippen molar-refractivity contribution in [1.29, 1.82) is 0 Å². The van der Waals surface area contributed by atoms with E-state index in [2.05, 4.69) is 15.5 Å². The smallest absolute Gasteiger partial charge is 0.240 e. The molecule has 1 atom stereocenters. The maximum atomic E-state index is 12.5. The zero-order chi connectivity index (χ0) is 23.6. The lowest BCUT2D eigenvalue weighted by molar-refractivity contribution is -0.116. The quantitative estimate of drug-likeness (QED) is 0.246. The van der Waals surface area contributed by atoms with Gasteiger partial charge in [-0.2, -0.15) is 0 Å². The molecule has 1 saturated heterocycles. The normalized spacial score (nSPS) is 16.8. The summed E-state index contributed by atoms with van der Waals surface area (Å²) in [5, 5.41) is 17.2. The van der Waals surface area contributed by atoms with E-state index in [0.717, 1.165) is 5.56 Å². The lowest BCUT2D eigenvalue weighted by Gasteiger charge is -2.26. The summed E-state index contributed by atoms with van der Waals surface area (Å²) in [6.07, 6.45) is 0. The second-order valence-electron chi connectivity index (χ2n) is 6.78. The number of hydrogen-bond acceptors (Lipinski definition) is 10. The Labute approximate surface area is 208 Å². The molecule has 3 aromatic rings. The first-order chi connectivity index (χ1) is 15.7. The number of rotatable bonds is 7. The van der Waals surface area contributed by atoms with Gasteiger partial charge in [0.1, 0.15) is 5.37 Å². The number of carbonyl (C=O) groups excluding carboxylic acids is 2. The largest absolute Gasteiger partial charge is 0.325 e. The second kappa shape index (κ2) is 10.2. The van der Waals surface area contributed by atoms with Gasteiger partial charge in [-0.15, -0.1) is 32.7 Å². The molecule has 0 aliphatic carbocycles. The minimum absolute atomic E-state index is 0.0528. The maximum Gasteiger partial charge on any atom is 0.240 e. The Balaban J connectivity index is 1.36. The minimum Gasteiger partial charge on any atom is -0.325 e. The Morgan fingerprint density at radius 1 is 1.21 bits per heavy atom. The molecule has 2 aromatic carbocycles. The fourth-order valence-corrected chi connectivity index (χ4v) is 6.50. The molecule has 0 bridgehead atoms. The molecule has 1 fully saturated rings. The fraction of sp³-hybridized carbons (Fsp3) is 0.158. The Kier molecular flexibility index (Phi) is 7.50. The molecular formula is C19H18ClN5O4S4. The number of aromatic nitrogens is 2. The topological polar surface area (TPSA) is 142 Å². The predicted molar refractivity (Wildman–Crippen MR) is 135 cm³/mol. The van der Waals surface area contributed by atoms with E-state index in [1.54, 1.807) is 17.0 Å². The standard InChI is InChI=1S/C19H18ClN5O4S4/c20-12-3-1-11(2-4-12)17-25(16(27)10-30-17)18-23-24-19(32-18)31-9-15(26)22-13-5-7-14(8-6-13)33(21,28)29/h1-8,17,28-29H,9-10,21H2,(H,22,26). The molecule has 174 valence electrons. The van der Waals surface area contributed by atoms with E-state index in [0.29, 0.717) is 25.9 Å². The van der Waals surface area contributed by atoms with Gasteiger partial charge in [0.25, 0.3) is 0 Å². The number of carbonyl (C=O) groups is 2. The lowest BCUT2D eigenvalue weighted by atomic mass is 10.2. The zero-order valence-electron chi connectivity index (χ0n) is 16.8. The van der Waals surface area contributed by atoms with Crippen molar-refractivity contribution >= 4 is 79.9 Å². The van der Waals surface area contributed by atoms with Gasteiger partial charge in [0.05, 0.1) is 16.4 Å². The van der Waals surface area contributed by atoms with E-state index in [1.807, 2.05) is 12.1 Å². The van der Waals surface area contributed by atoms with E-state index in [4.69, 9.17) is 16.7 Å². The monoisotopic (exact) mass is 543 g/mol. The summed E-state index contributed by atoms with van der Waals surface area (Å²) in [6.45, 7) is 0. The third kappa shape index (κ3) is 6.00. The molecule has 9 nitrogen and oxygen atoms in total. The van der Waals surface area contributed by atoms with E-state index >= 15 is 0 Å². The number of anilines is 2. The summed E-state index contributed by atoms with van der Waals surface area (Å²) in [4.78, 5) is 26.6. The van der Waals surface area contributed by atoms with E-state index in [-0.39, 0.29) is 27.8 Å². The van der Waals surface area contributed by atoms with Gasteiger partial charge in [-0.3, -0.25) is 23.6 Å². The molecule has 5 N–H and O–H groups in total. The minimum atomic E-state index is -3.29. The molecule has 1 aromatic heterocycles. The Morgan fingerprint density at radius 3 is 2.58 bits per heavy atom. The first-order valence-electron chi connectivity index (χ1n) is 9.32. The van der Waals surface area contributed by atoms with Gasteiger partial charge in [0.15, 0.2) is 4.34 Å². The summed E-state index contributed by atoms with van der Waals surface area (Å²) in [7, 11) is -3.29. The number of benzene rings is 2. The molecule has 0 saturated carbocycles. The van der Waals surface area contributed by atoms with Crippen molar-refractivity contribution in [3.8, 4) is 0 Å². The van der Waals surface area contributed by atoms with Crippen LogP contribution in [0, 0.1) is 0 Å². The third-order valence-electron chi connectivity index (χ3n) is 4.44. The van der Waals surface area contributed by atoms with Crippen LogP contribution < -0.4 is 15.4 Å². The van der Waals surface area contributed by atoms with Gasteiger partial charge in [-0.05, 0) is 42.0 Å². The van der Waals surface area contributed by atoms with E-state index in [1.165, 1.54) is 59.1 Å². The van der Waals surface area contributed by atoms with Crippen LogP contribution in [-0.4, -0.2) is 42.6 Å². The van der Waals surface area contributed by atoms with Crippen LogP contribution in [0.5, 0.6) is 0 Å². The number of thioether (sulfide) groups is 2. The van der Waals surface area contributed by atoms with Crippen LogP contribution in [0.15, 0.2) is 57.8 Å². The zero-order valence-corrected chi connectivity index (χ0v) is 20.8. The average Bonchev–Trinajstić information content (AvgIpc) is 3.39. The van der Waals surface area contributed by atoms with Crippen LogP contribution in [0.1, 0.15) is 10.9 Å². The molecule has 1 aliphatic rings. The number of nitrogens with zero attached hydrogens (tertiary/aromatic N) is 3. The highest BCUT2D eigenvalue weighted by Crippen LogP contribution is 2.44. The lowest BCUT2D eigenvalue weighted by Crippen LogP contribution is -2.27. The highest BCUT2D eigenvalue weighted by atomic mass is 35.5. The molecule has 1 unspecified atom stereocenters. The fourth-order valence-electron chi connectivity index (χ4n) is 2.93. The molecule has 1 aliphatic heterocycles. The number of halogens is 1. The SMILES string of the molecule is NS(O)(O)c1ccc(NC(=O)CSc2nnc(N3C(=O)CSC3c3ccc(Cl)cc3)s2)cc1. The molecular weight excluding hydrogens is 526 g/mol. The van der Waals surface area contributed by atoms with E-state index < -0.39 is 10.8 Å². The molecule has 0 radical (unpaired) electrons. The molecule has 4 rings (SSSR count). The van der Waals surface area contributed by atoms with Crippen LogP contribution >= 0.6 is 57.2 Å². The van der Waals surface area contributed by atoms with Gasteiger partial charge in [0, 0.05) is 10.7 Å². The van der Waals surface area contributed by atoms with Crippen LogP contribution in [0.3, 0.4) is 0 Å². The van der Waals surface area contributed by atoms with Crippen molar-refractivity contribution in [1.82, 2.24) is 10.2 Å². The molecule has 14 heteroatoms. The van der Waals surface area contributed by atoms with E-state index in [9.17, 15) is 18.7 Å². The predicted octanol–water partition coefficient (Wildman–Crippen LogP) is 4.68. The summed E-state index contributed by atoms with van der Waals surface area (Å²) >= 11 is 9.94. The van der Waals surface area contributed by atoms with Gasteiger partial charge < -0.3 is 5.32 Å². The number of hydrogen-bond donors (Lipinski definition) is 4. The van der Waals surface area contributed by atoms with Crippen LogP contribution in [0.25, 0.3) is 0 Å². The highest BCUT2D eigenvalue weighted by molar-refractivity contribution is 8.22. The van der Waals surface area contributed by atoms with Crippen molar-refractivity contribution in [2.75, 3.05) is 21.7 Å². The number of nitrogens with two attached hydrogens (primary N) is 1.